The molecule has 1 rings (SSSR count). The number of carbonyl (C=O) groups excluding carboxylic acids is 1. The molecule has 1 aliphatic heterocycles. The van der Waals surface area contributed by atoms with E-state index in [2.05, 4.69) is 10.2 Å². The highest BCUT2D eigenvalue weighted by Gasteiger charge is 2.28. The van der Waals surface area contributed by atoms with Crippen molar-refractivity contribution in [2.75, 3.05) is 33.3 Å². The Morgan fingerprint density at radius 2 is 2.33 bits per heavy atom. The molecule has 1 saturated heterocycles. The van der Waals surface area contributed by atoms with Crippen molar-refractivity contribution in [2.45, 2.75) is 25.5 Å². The molecule has 0 aromatic carbocycles. The molecule has 0 spiro atoms. The summed E-state index contributed by atoms with van der Waals surface area (Å²) in [5.74, 6) is -0.0606. The molecule has 1 heterocycles. The molecule has 15 heavy (non-hydrogen) atoms. The van der Waals surface area contributed by atoms with Crippen LogP contribution in [0.4, 0.5) is 0 Å². The number of likely N-dealkylation sites (N-methyl/N-ethyl adjacent to an activating group) is 1. The first-order valence-electron chi connectivity index (χ1n) is 5.27. The largest absolute Gasteiger partial charge is 0.366 e. The zero-order valence-corrected chi connectivity index (χ0v) is 9.75. The lowest BCUT2D eigenvalue weighted by atomic mass is 10.1. The first-order chi connectivity index (χ1) is 6.92. The van der Waals surface area contributed by atoms with Gasteiger partial charge in [0, 0.05) is 32.2 Å². The number of carbonyl (C=O) groups is 1. The molecule has 0 aliphatic carbocycles. The van der Waals surface area contributed by atoms with Crippen molar-refractivity contribution >= 4 is 5.91 Å². The number of morpholine rings is 1. The number of rotatable bonds is 3. The summed E-state index contributed by atoms with van der Waals surface area (Å²) in [4.78, 5) is 13.6. The molecular formula is C10H21N3O2. The molecule has 0 bridgehead atoms. The van der Waals surface area contributed by atoms with Gasteiger partial charge in [0.2, 0.25) is 5.91 Å². The van der Waals surface area contributed by atoms with Crippen molar-refractivity contribution in [3.05, 3.63) is 0 Å². The van der Waals surface area contributed by atoms with Crippen LogP contribution < -0.4 is 11.1 Å². The van der Waals surface area contributed by atoms with Crippen LogP contribution in [0.15, 0.2) is 0 Å². The van der Waals surface area contributed by atoms with Crippen LogP contribution in [-0.2, 0) is 9.53 Å². The molecule has 1 fully saturated rings. The number of hydrogen-bond donors (Lipinski definition) is 2. The maximum Gasteiger partial charge on any atom is 0.250 e. The van der Waals surface area contributed by atoms with E-state index in [9.17, 15) is 4.79 Å². The SMILES string of the molecule is CNC(=O)C1CN(CC(C)(C)N)CCO1. The van der Waals surface area contributed by atoms with Crippen molar-refractivity contribution in [1.29, 1.82) is 0 Å². The van der Waals surface area contributed by atoms with Gasteiger partial charge in [-0.1, -0.05) is 0 Å². The minimum Gasteiger partial charge on any atom is -0.366 e. The molecular weight excluding hydrogens is 194 g/mol. The van der Waals surface area contributed by atoms with Crippen molar-refractivity contribution in [3.63, 3.8) is 0 Å². The molecule has 3 N–H and O–H groups in total. The van der Waals surface area contributed by atoms with Gasteiger partial charge in [0.25, 0.3) is 0 Å². The Kier molecular flexibility index (Phi) is 4.07. The molecule has 0 radical (unpaired) electrons. The molecule has 0 saturated carbocycles. The van der Waals surface area contributed by atoms with Crippen molar-refractivity contribution in [1.82, 2.24) is 10.2 Å². The Bertz CT molecular complexity index is 225. The van der Waals surface area contributed by atoms with E-state index in [0.717, 1.165) is 13.1 Å². The van der Waals surface area contributed by atoms with Crippen LogP contribution in [0.5, 0.6) is 0 Å². The van der Waals surface area contributed by atoms with Crippen LogP contribution in [0, 0.1) is 0 Å². The number of nitrogens with one attached hydrogen (secondary N) is 1. The average Bonchev–Trinajstić information content (AvgIpc) is 2.14. The second-order valence-corrected chi connectivity index (χ2v) is 4.70. The lowest BCUT2D eigenvalue weighted by Crippen LogP contribution is -2.54. The predicted molar refractivity (Wildman–Crippen MR) is 58.5 cm³/mol. The second-order valence-electron chi connectivity index (χ2n) is 4.70. The third-order valence-corrected chi connectivity index (χ3v) is 2.32. The van der Waals surface area contributed by atoms with Crippen molar-refractivity contribution < 1.29 is 9.53 Å². The summed E-state index contributed by atoms with van der Waals surface area (Å²) >= 11 is 0. The highest BCUT2D eigenvalue weighted by atomic mass is 16.5. The van der Waals surface area contributed by atoms with Gasteiger partial charge in [0.15, 0.2) is 0 Å². The van der Waals surface area contributed by atoms with E-state index in [0.29, 0.717) is 13.2 Å². The van der Waals surface area contributed by atoms with Gasteiger partial charge >= 0.3 is 0 Å². The summed E-state index contributed by atoms with van der Waals surface area (Å²) in [5, 5.41) is 2.60. The summed E-state index contributed by atoms with van der Waals surface area (Å²) in [7, 11) is 1.62. The fourth-order valence-corrected chi connectivity index (χ4v) is 1.74. The van der Waals surface area contributed by atoms with Crippen LogP contribution in [0.25, 0.3) is 0 Å². The Labute approximate surface area is 90.9 Å². The van der Waals surface area contributed by atoms with E-state index >= 15 is 0 Å². The molecule has 88 valence electrons. The zero-order valence-electron chi connectivity index (χ0n) is 9.75. The quantitative estimate of drug-likeness (QED) is 0.645. The van der Waals surface area contributed by atoms with Gasteiger partial charge in [0.05, 0.1) is 6.61 Å². The lowest BCUT2D eigenvalue weighted by molar-refractivity contribution is -0.138. The third-order valence-electron chi connectivity index (χ3n) is 2.32. The van der Waals surface area contributed by atoms with Gasteiger partial charge < -0.3 is 15.8 Å². The first-order valence-corrected chi connectivity index (χ1v) is 5.27. The number of nitrogens with zero attached hydrogens (tertiary/aromatic N) is 1. The molecule has 5 nitrogen and oxygen atoms in total. The van der Waals surface area contributed by atoms with E-state index in [1.807, 2.05) is 13.8 Å². The normalized spacial score (nSPS) is 23.9. The number of nitrogens with two attached hydrogens (primary N) is 1. The first kappa shape index (κ1) is 12.4. The molecule has 1 amide bonds. The standard InChI is InChI=1S/C10H21N3O2/c1-10(2,11)7-13-4-5-15-8(6-13)9(14)12-3/h8H,4-7,11H2,1-3H3,(H,12,14). The fourth-order valence-electron chi connectivity index (χ4n) is 1.74. The predicted octanol–water partition coefficient (Wildman–Crippen LogP) is -0.829. The Hall–Kier alpha value is -0.650. The minimum atomic E-state index is -0.355. The van der Waals surface area contributed by atoms with Gasteiger partial charge in [-0.2, -0.15) is 0 Å². The van der Waals surface area contributed by atoms with Crippen LogP contribution in [0.2, 0.25) is 0 Å². The lowest BCUT2D eigenvalue weighted by Gasteiger charge is -2.35. The highest BCUT2D eigenvalue weighted by Crippen LogP contribution is 2.09. The second kappa shape index (κ2) is 4.92. The third kappa shape index (κ3) is 4.15. The summed E-state index contributed by atoms with van der Waals surface area (Å²) in [6.07, 6.45) is -0.355. The van der Waals surface area contributed by atoms with Crippen molar-refractivity contribution in [2.24, 2.45) is 5.73 Å². The average molecular weight is 215 g/mol. The van der Waals surface area contributed by atoms with Crippen LogP contribution in [0.3, 0.4) is 0 Å². The van der Waals surface area contributed by atoms with Gasteiger partial charge in [-0.15, -0.1) is 0 Å². The minimum absolute atomic E-state index is 0.0606. The summed E-state index contributed by atoms with van der Waals surface area (Å²) in [6.45, 7) is 6.81. The molecule has 5 heteroatoms. The Morgan fingerprint density at radius 1 is 1.67 bits per heavy atom. The van der Waals surface area contributed by atoms with Gasteiger partial charge in [-0.3, -0.25) is 9.69 Å². The van der Waals surface area contributed by atoms with Crippen LogP contribution in [0.1, 0.15) is 13.8 Å². The number of hydrogen-bond acceptors (Lipinski definition) is 4. The fraction of sp³-hybridized carbons (Fsp3) is 0.900. The Morgan fingerprint density at radius 3 is 2.87 bits per heavy atom. The topological polar surface area (TPSA) is 67.6 Å². The van der Waals surface area contributed by atoms with Gasteiger partial charge in [-0.05, 0) is 13.8 Å². The molecule has 0 aromatic heterocycles. The zero-order chi connectivity index (χ0) is 11.5. The van der Waals surface area contributed by atoms with E-state index < -0.39 is 0 Å². The monoisotopic (exact) mass is 215 g/mol. The summed E-state index contributed by atoms with van der Waals surface area (Å²) in [6, 6.07) is 0. The Balaban J connectivity index is 2.46. The summed E-state index contributed by atoms with van der Waals surface area (Å²) in [5.41, 5.74) is 5.71. The smallest absolute Gasteiger partial charge is 0.250 e. The van der Waals surface area contributed by atoms with E-state index in [4.69, 9.17) is 10.5 Å². The van der Waals surface area contributed by atoms with Crippen LogP contribution >= 0.6 is 0 Å². The van der Waals surface area contributed by atoms with E-state index in [1.165, 1.54) is 0 Å². The molecule has 0 aromatic rings. The van der Waals surface area contributed by atoms with E-state index in [1.54, 1.807) is 7.05 Å². The van der Waals surface area contributed by atoms with Gasteiger partial charge in [0.1, 0.15) is 6.10 Å². The molecule has 1 aliphatic rings. The molecule has 1 unspecified atom stereocenters. The maximum absolute atomic E-state index is 11.4. The molecule has 1 atom stereocenters. The van der Waals surface area contributed by atoms with Crippen LogP contribution in [-0.4, -0.2) is 55.7 Å². The number of amides is 1. The van der Waals surface area contributed by atoms with Gasteiger partial charge in [-0.25, -0.2) is 0 Å². The summed E-state index contributed by atoms with van der Waals surface area (Å²) < 4.78 is 5.38. The number of ether oxygens (including phenoxy) is 1. The maximum atomic E-state index is 11.4. The highest BCUT2D eigenvalue weighted by molar-refractivity contribution is 5.80. The van der Waals surface area contributed by atoms with E-state index in [-0.39, 0.29) is 17.6 Å². The van der Waals surface area contributed by atoms with Crippen molar-refractivity contribution in [3.8, 4) is 0 Å².